The highest BCUT2D eigenvalue weighted by Crippen LogP contribution is 2.37. The van der Waals surface area contributed by atoms with Gasteiger partial charge in [-0.25, -0.2) is 0 Å². The molecule has 1 aliphatic rings. The van der Waals surface area contributed by atoms with Crippen molar-refractivity contribution >= 4 is 5.78 Å². The minimum Gasteiger partial charge on any atom is -0.289 e. The van der Waals surface area contributed by atoms with Crippen LogP contribution in [-0.2, 0) is 0 Å². The van der Waals surface area contributed by atoms with Gasteiger partial charge in [0.05, 0.1) is 0 Å². The second kappa shape index (κ2) is 3.56. The summed E-state index contributed by atoms with van der Waals surface area (Å²) in [5.74, 6) is 0.477. The first kappa shape index (κ1) is 10.3. The number of ketones is 1. The van der Waals surface area contributed by atoms with E-state index >= 15 is 0 Å². The summed E-state index contributed by atoms with van der Waals surface area (Å²) in [6.45, 7) is 4.18. The largest absolute Gasteiger partial charge is 0.289 e. The van der Waals surface area contributed by atoms with Crippen LogP contribution in [0.3, 0.4) is 0 Å². The van der Waals surface area contributed by atoms with Gasteiger partial charge in [-0.15, -0.1) is 0 Å². The van der Waals surface area contributed by atoms with Crippen molar-refractivity contribution in [3.8, 4) is 0 Å². The lowest BCUT2D eigenvalue weighted by atomic mass is 9.77. The highest BCUT2D eigenvalue weighted by molar-refractivity contribution is 6.13. The van der Waals surface area contributed by atoms with E-state index in [-0.39, 0.29) is 5.78 Å². The van der Waals surface area contributed by atoms with Crippen LogP contribution in [0.1, 0.15) is 45.5 Å². The predicted molar refractivity (Wildman–Crippen MR) is 68.6 cm³/mol. The molecular formula is C16H14O. The summed E-state index contributed by atoms with van der Waals surface area (Å²) >= 11 is 0. The number of carbonyl (C=O) groups excluding carboxylic acids is 1. The zero-order valence-corrected chi connectivity index (χ0v) is 10.0. The maximum atomic E-state index is 12.5. The number of aryl methyl sites for hydroxylation is 1. The first-order chi connectivity index (χ1) is 8.20. The molecule has 1 atom stereocenters. The molecule has 0 N–H and O–H groups in total. The van der Waals surface area contributed by atoms with Gasteiger partial charge in [0, 0.05) is 17.0 Å². The summed E-state index contributed by atoms with van der Waals surface area (Å²) in [6, 6.07) is 14.0. The summed E-state index contributed by atoms with van der Waals surface area (Å²) in [7, 11) is 0. The van der Waals surface area contributed by atoms with Gasteiger partial charge in [-0.1, -0.05) is 49.4 Å². The molecule has 1 heteroatoms. The normalized spacial score (nSPS) is 17.5. The maximum absolute atomic E-state index is 12.5. The van der Waals surface area contributed by atoms with Gasteiger partial charge in [0.15, 0.2) is 5.78 Å². The molecule has 0 aromatic heterocycles. The molecule has 0 saturated heterocycles. The number of hydrogen-bond acceptors (Lipinski definition) is 1. The Morgan fingerprint density at radius 1 is 0.941 bits per heavy atom. The maximum Gasteiger partial charge on any atom is 0.193 e. The molecule has 1 aliphatic carbocycles. The summed E-state index contributed by atoms with van der Waals surface area (Å²) in [6.07, 6.45) is 0. The van der Waals surface area contributed by atoms with E-state index in [0.717, 1.165) is 27.8 Å². The molecule has 17 heavy (non-hydrogen) atoms. The average molecular weight is 222 g/mol. The Kier molecular flexibility index (Phi) is 2.15. The highest BCUT2D eigenvalue weighted by Gasteiger charge is 2.28. The van der Waals surface area contributed by atoms with Crippen molar-refractivity contribution in [3.63, 3.8) is 0 Å². The Balaban J connectivity index is 2.33. The molecule has 2 aromatic rings. The number of benzene rings is 2. The smallest absolute Gasteiger partial charge is 0.193 e. The van der Waals surface area contributed by atoms with Crippen LogP contribution in [-0.4, -0.2) is 5.78 Å². The molecule has 0 amide bonds. The van der Waals surface area contributed by atoms with Crippen LogP contribution in [0.25, 0.3) is 0 Å². The van der Waals surface area contributed by atoms with E-state index in [9.17, 15) is 4.79 Å². The molecule has 0 heterocycles. The van der Waals surface area contributed by atoms with Crippen molar-refractivity contribution in [3.05, 3.63) is 70.3 Å². The third-order valence-corrected chi connectivity index (χ3v) is 3.67. The molecule has 0 aliphatic heterocycles. The van der Waals surface area contributed by atoms with E-state index in [1.807, 2.05) is 37.3 Å². The summed E-state index contributed by atoms with van der Waals surface area (Å²) in [5, 5.41) is 0. The van der Waals surface area contributed by atoms with E-state index in [1.165, 1.54) is 0 Å². The molecule has 0 radical (unpaired) electrons. The first-order valence-corrected chi connectivity index (χ1v) is 5.93. The molecular weight excluding hydrogens is 208 g/mol. The highest BCUT2D eigenvalue weighted by atomic mass is 16.1. The van der Waals surface area contributed by atoms with Crippen LogP contribution in [0, 0.1) is 6.92 Å². The molecule has 0 bridgehead atoms. The monoisotopic (exact) mass is 222 g/mol. The Labute approximate surface area is 101 Å². The molecule has 3 rings (SSSR count). The van der Waals surface area contributed by atoms with Crippen LogP contribution in [0.15, 0.2) is 42.5 Å². The Morgan fingerprint density at radius 3 is 2.47 bits per heavy atom. The van der Waals surface area contributed by atoms with Crippen LogP contribution in [0.2, 0.25) is 0 Å². The lowest BCUT2D eigenvalue weighted by Gasteiger charge is -2.25. The molecule has 0 saturated carbocycles. The van der Waals surface area contributed by atoms with Crippen molar-refractivity contribution in [1.82, 2.24) is 0 Å². The van der Waals surface area contributed by atoms with Gasteiger partial charge in [0.2, 0.25) is 0 Å². The zero-order valence-electron chi connectivity index (χ0n) is 10.0. The fourth-order valence-corrected chi connectivity index (χ4v) is 2.75. The van der Waals surface area contributed by atoms with Gasteiger partial charge < -0.3 is 0 Å². The minimum atomic E-state index is 0.173. The molecule has 2 aromatic carbocycles. The molecule has 0 spiro atoms. The third-order valence-electron chi connectivity index (χ3n) is 3.67. The summed E-state index contributed by atoms with van der Waals surface area (Å²) in [4.78, 5) is 12.5. The number of hydrogen-bond donors (Lipinski definition) is 0. The van der Waals surface area contributed by atoms with Crippen LogP contribution in [0.5, 0.6) is 0 Å². The summed E-state index contributed by atoms with van der Waals surface area (Å²) in [5.41, 5.74) is 5.15. The first-order valence-electron chi connectivity index (χ1n) is 5.93. The van der Waals surface area contributed by atoms with Crippen molar-refractivity contribution in [2.75, 3.05) is 0 Å². The second-order valence-corrected chi connectivity index (χ2v) is 4.68. The molecule has 0 fully saturated rings. The van der Waals surface area contributed by atoms with Gasteiger partial charge in [-0.05, 0) is 23.6 Å². The fraction of sp³-hybridized carbons (Fsp3) is 0.188. The standard InChI is InChI=1S/C16H14O/c1-10-6-5-9-13-11(2)12-7-3-4-8-14(12)16(17)15(10)13/h3-9,11H,1-2H3. The van der Waals surface area contributed by atoms with Crippen LogP contribution in [0.4, 0.5) is 0 Å². The number of carbonyl (C=O) groups is 1. The van der Waals surface area contributed by atoms with Crippen molar-refractivity contribution < 1.29 is 4.79 Å². The fourth-order valence-electron chi connectivity index (χ4n) is 2.75. The van der Waals surface area contributed by atoms with Gasteiger partial charge in [-0.3, -0.25) is 4.79 Å². The summed E-state index contributed by atoms with van der Waals surface area (Å²) < 4.78 is 0. The van der Waals surface area contributed by atoms with E-state index in [0.29, 0.717) is 5.92 Å². The van der Waals surface area contributed by atoms with E-state index in [4.69, 9.17) is 0 Å². The number of rotatable bonds is 0. The number of fused-ring (bicyclic) bond motifs is 2. The second-order valence-electron chi connectivity index (χ2n) is 4.68. The topological polar surface area (TPSA) is 17.1 Å². The zero-order chi connectivity index (χ0) is 12.0. The Bertz CT molecular complexity index is 611. The lowest BCUT2D eigenvalue weighted by Crippen LogP contribution is -2.19. The minimum absolute atomic E-state index is 0.173. The average Bonchev–Trinajstić information content (AvgIpc) is 2.36. The van der Waals surface area contributed by atoms with E-state index in [1.54, 1.807) is 0 Å². The lowest BCUT2D eigenvalue weighted by molar-refractivity contribution is 0.103. The molecule has 84 valence electrons. The van der Waals surface area contributed by atoms with E-state index < -0.39 is 0 Å². The van der Waals surface area contributed by atoms with Crippen LogP contribution >= 0.6 is 0 Å². The predicted octanol–water partition coefficient (Wildman–Crippen LogP) is 3.69. The van der Waals surface area contributed by atoms with Gasteiger partial charge in [-0.2, -0.15) is 0 Å². The van der Waals surface area contributed by atoms with Crippen LogP contribution < -0.4 is 0 Å². The Morgan fingerprint density at radius 2 is 1.65 bits per heavy atom. The Hall–Kier alpha value is -1.89. The van der Waals surface area contributed by atoms with Crippen molar-refractivity contribution in [2.45, 2.75) is 19.8 Å². The van der Waals surface area contributed by atoms with Gasteiger partial charge >= 0.3 is 0 Å². The molecule has 1 nitrogen and oxygen atoms in total. The third kappa shape index (κ3) is 1.35. The van der Waals surface area contributed by atoms with Crippen molar-refractivity contribution in [2.24, 2.45) is 0 Å². The van der Waals surface area contributed by atoms with Gasteiger partial charge in [0.25, 0.3) is 0 Å². The van der Waals surface area contributed by atoms with E-state index in [2.05, 4.69) is 19.1 Å². The van der Waals surface area contributed by atoms with Crippen molar-refractivity contribution in [1.29, 1.82) is 0 Å². The SMILES string of the molecule is Cc1cccc2c1C(=O)c1ccccc1C2C. The van der Waals surface area contributed by atoms with Gasteiger partial charge in [0.1, 0.15) is 0 Å². The quantitative estimate of drug-likeness (QED) is 0.664. The molecule has 1 unspecified atom stereocenters.